The number of rotatable bonds is 7. The molecule has 0 radical (unpaired) electrons. The maximum Gasteiger partial charge on any atom is 0.338 e. The van der Waals surface area contributed by atoms with Crippen molar-refractivity contribution in [2.24, 2.45) is 5.92 Å². The Morgan fingerprint density at radius 2 is 1.85 bits per heavy atom. The Bertz CT molecular complexity index is 1090. The molecular weight excluding hydrogens is 516 g/mol. The van der Waals surface area contributed by atoms with Gasteiger partial charge in [0.05, 0.1) is 23.1 Å². The number of hydrogen-bond acceptors (Lipinski definition) is 6. The molecular formula is C23H22BrClN2O6. The van der Waals surface area contributed by atoms with E-state index in [2.05, 4.69) is 21.2 Å². The van der Waals surface area contributed by atoms with Crippen LogP contribution in [-0.2, 0) is 23.9 Å². The molecule has 1 heterocycles. The molecule has 1 saturated heterocycles. The van der Waals surface area contributed by atoms with Gasteiger partial charge in [0.15, 0.2) is 6.61 Å². The summed E-state index contributed by atoms with van der Waals surface area (Å²) >= 11 is 9.46. The molecule has 2 amide bonds. The second-order valence-electron chi connectivity index (χ2n) is 7.36. The van der Waals surface area contributed by atoms with Crippen molar-refractivity contribution in [1.29, 1.82) is 0 Å². The highest BCUT2D eigenvalue weighted by atomic mass is 79.9. The number of amides is 2. The molecule has 1 atom stereocenters. The summed E-state index contributed by atoms with van der Waals surface area (Å²) in [5.41, 5.74) is 2.12. The Labute approximate surface area is 204 Å². The summed E-state index contributed by atoms with van der Waals surface area (Å²) in [6, 6.07) is 9.76. The molecule has 3 rings (SSSR count). The minimum Gasteiger partial charge on any atom is -0.462 e. The summed E-state index contributed by atoms with van der Waals surface area (Å²) in [4.78, 5) is 50.3. The average Bonchev–Trinajstić information content (AvgIpc) is 3.20. The number of halogens is 2. The van der Waals surface area contributed by atoms with E-state index in [9.17, 15) is 19.2 Å². The topological polar surface area (TPSA) is 102 Å². The lowest BCUT2D eigenvalue weighted by Gasteiger charge is -2.17. The number of carbonyl (C=O) groups excluding carboxylic acids is 4. The van der Waals surface area contributed by atoms with Crippen molar-refractivity contribution in [3.63, 3.8) is 0 Å². The van der Waals surface area contributed by atoms with Gasteiger partial charge in [0.25, 0.3) is 5.91 Å². The lowest BCUT2D eigenvalue weighted by atomic mass is 10.1. The fourth-order valence-corrected chi connectivity index (χ4v) is 3.93. The first-order valence-electron chi connectivity index (χ1n) is 10.2. The molecule has 8 nitrogen and oxygen atoms in total. The van der Waals surface area contributed by atoms with Gasteiger partial charge >= 0.3 is 11.9 Å². The Morgan fingerprint density at radius 1 is 1.15 bits per heavy atom. The van der Waals surface area contributed by atoms with Crippen LogP contribution in [0.15, 0.2) is 40.9 Å². The van der Waals surface area contributed by atoms with Crippen molar-refractivity contribution in [1.82, 2.24) is 0 Å². The summed E-state index contributed by atoms with van der Waals surface area (Å²) in [5.74, 6) is -2.53. The molecule has 1 aliphatic heterocycles. The molecule has 2 aromatic rings. The number of carbonyl (C=O) groups is 4. The first-order valence-corrected chi connectivity index (χ1v) is 11.4. The summed E-state index contributed by atoms with van der Waals surface area (Å²) in [7, 11) is 0. The fourth-order valence-electron chi connectivity index (χ4n) is 3.34. The highest BCUT2D eigenvalue weighted by Crippen LogP contribution is 2.31. The second kappa shape index (κ2) is 10.8. The third-order valence-electron chi connectivity index (χ3n) is 5.11. The van der Waals surface area contributed by atoms with Crippen LogP contribution in [0, 0.1) is 12.8 Å². The van der Waals surface area contributed by atoms with Crippen LogP contribution in [0.1, 0.15) is 29.3 Å². The number of hydrogen-bond donors (Lipinski definition) is 1. The standard InChI is InChI=1S/C23H22BrClN2O6/c1-3-32-22(30)14-4-6-16(7-5-14)27-11-15(10-20(27)29)23(31)33-12-19(28)26-18-9-8-17(24)21(25)13(18)2/h4-9,15H,3,10-12H2,1-2H3,(H,26,28)/t15-/m0/s1. The highest BCUT2D eigenvalue weighted by Gasteiger charge is 2.36. The van der Waals surface area contributed by atoms with Crippen LogP contribution >= 0.6 is 27.5 Å². The molecule has 33 heavy (non-hydrogen) atoms. The predicted molar refractivity (Wildman–Crippen MR) is 126 cm³/mol. The van der Waals surface area contributed by atoms with Crippen molar-refractivity contribution in [3.8, 4) is 0 Å². The van der Waals surface area contributed by atoms with Gasteiger partial charge < -0.3 is 19.7 Å². The van der Waals surface area contributed by atoms with Gasteiger partial charge in [-0.1, -0.05) is 11.6 Å². The largest absolute Gasteiger partial charge is 0.462 e. The van der Waals surface area contributed by atoms with E-state index in [-0.39, 0.29) is 25.5 Å². The zero-order valence-corrected chi connectivity index (χ0v) is 20.4. The monoisotopic (exact) mass is 536 g/mol. The van der Waals surface area contributed by atoms with Crippen LogP contribution in [-0.4, -0.2) is 43.5 Å². The molecule has 10 heteroatoms. The first kappa shape index (κ1) is 24.7. The summed E-state index contributed by atoms with van der Waals surface area (Å²) < 4.78 is 10.8. The van der Waals surface area contributed by atoms with Gasteiger partial charge in [0, 0.05) is 28.8 Å². The lowest BCUT2D eigenvalue weighted by Crippen LogP contribution is -2.28. The molecule has 0 saturated carbocycles. The number of nitrogens with zero attached hydrogens (tertiary/aromatic N) is 1. The van der Waals surface area contributed by atoms with Gasteiger partial charge in [-0.2, -0.15) is 0 Å². The van der Waals surface area contributed by atoms with Gasteiger partial charge in [-0.05, 0) is 71.7 Å². The van der Waals surface area contributed by atoms with E-state index < -0.39 is 30.4 Å². The van der Waals surface area contributed by atoms with Crippen LogP contribution < -0.4 is 10.2 Å². The normalized spacial score (nSPS) is 15.3. The maximum absolute atomic E-state index is 12.4. The van der Waals surface area contributed by atoms with Gasteiger partial charge in [-0.25, -0.2) is 4.79 Å². The summed E-state index contributed by atoms with van der Waals surface area (Å²) in [6.45, 7) is 3.38. The van der Waals surface area contributed by atoms with Crippen molar-refractivity contribution in [2.45, 2.75) is 20.3 Å². The fraction of sp³-hybridized carbons (Fsp3) is 0.304. The number of esters is 2. The molecule has 1 fully saturated rings. The van der Waals surface area contributed by atoms with Crippen LogP contribution in [0.5, 0.6) is 0 Å². The van der Waals surface area contributed by atoms with E-state index in [1.54, 1.807) is 50.2 Å². The van der Waals surface area contributed by atoms with E-state index in [1.165, 1.54) is 4.90 Å². The third kappa shape index (κ3) is 5.91. The maximum atomic E-state index is 12.4. The molecule has 0 aromatic heterocycles. The van der Waals surface area contributed by atoms with E-state index >= 15 is 0 Å². The van der Waals surface area contributed by atoms with Crippen molar-refractivity contribution in [2.75, 3.05) is 30.0 Å². The number of nitrogens with one attached hydrogen (secondary N) is 1. The van der Waals surface area contributed by atoms with Crippen LogP contribution in [0.2, 0.25) is 5.02 Å². The lowest BCUT2D eigenvalue weighted by molar-refractivity contribution is -0.151. The molecule has 0 aliphatic carbocycles. The zero-order valence-electron chi connectivity index (χ0n) is 18.0. The molecule has 174 valence electrons. The number of benzene rings is 2. The number of anilines is 2. The van der Waals surface area contributed by atoms with E-state index in [0.29, 0.717) is 32.0 Å². The molecule has 1 N–H and O–H groups in total. The van der Waals surface area contributed by atoms with Crippen molar-refractivity contribution >= 4 is 62.7 Å². The van der Waals surface area contributed by atoms with Crippen molar-refractivity contribution < 1.29 is 28.7 Å². The minimum absolute atomic E-state index is 0.0263. The highest BCUT2D eigenvalue weighted by molar-refractivity contribution is 9.10. The SMILES string of the molecule is CCOC(=O)c1ccc(N2C[C@@H](C(=O)OCC(=O)Nc3ccc(Br)c(Cl)c3C)CC2=O)cc1. The molecule has 0 unspecified atom stereocenters. The van der Waals surface area contributed by atoms with Crippen LogP contribution in [0.25, 0.3) is 0 Å². The Balaban J connectivity index is 1.54. The van der Waals surface area contributed by atoms with Gasteiger partial charge in [-0.15, -0.1) is 0 Å². The molecule has 2 aromatic carbocycles. The third-order valence-corrected chi connectivity index (χ3v) is 6.48. The van der Waals surface area contributed by atoms with Gasteiger partial charge in [0.2, 0.25) is 5.91 Å². The van der Waals surface area contributed by atoms with E-state index in [4.69, 9.17) is 21.1 Å². The van der Waals surface area contributed by atoms with E-state index in [1.807, 2.05) is 0 Å². The Kier molecular flexibility index (Phi) is 8.10. The molecule has 0 spiro atoms. The zero-order chi connectivity index (χ0) is 24.1. The second-order valence-corrected chi connectivity index (χ2v) is 8.59. The Hall–Kier alpha value is -2.91. The molecule has 0 bridgehead atoms. The average molecular weight is 538 g/mol. The van der Waals surface area contributed by atoms with Crippen LogP contribution in [0.4, 0.5) is 11.4 Å². The smallest absolute Gasteiger partial charge is 0.338 e. The molecule has 1 aliphatic rings. The van der Waals surface area contributed by atoms with Crippen molar-refractivity contribution in [3.05, 3.63) is 57.0 Å². The van der Waals surface area contributed by atoms with Crippen LogP contribution in [0.3, 0.4) is 0 Å². The first-order chi connectivity index (χ1) is 15.7. The Morgan fingerprint density at radius 3 is 2.52 bits per heavy atom. The minimum atomic E-state index is -0.695. The predicted octanol–water partition coefficient (Wildman–Crippen LogP) is 4.12. The summed E-state index contributed by atoms with van der Waals surface area (Å²) in [5, 5.41) is 3.13. The van der Waals surface area contributed by atoms with Gasteiger partial charge in [-0.3, -0.25) is 14.4 Å². The van der Waals surface area contributed by atoms with Gasteiger partial charge in [0.1, 0.15) is 0 Å². The van der Waals surface area contributed by atoms with E-state index in [0.717, 1.165) is 0 Å². The quantitative estimate of drug-likeness (QED) is 0.533. The number of ether oxygens (including phenoxy) is 2. The summed E-state index contributed by atoms with van der Waals surface area (Å²) in [6.07, 6.45) is -0.0263.